The van der Waals surface area contributed by atoms with E-state index in [1.54, 1.807) is 0 Å². The second kappa shape index (κ2) is 6.41. The van der Waals surface area contributed by atoms with Gasteiger partial charge in [-0.25, -0.2) is 4.98 Å². The van der Waals surface area contributed by atoms with Crippen molar-refractivity contribution in [2.45, 2.75) is 26.7 Å². The molecule has 0 N–H and O–H groups in total. The van der Waals surface area contributed by atoms with Crippen molar-refractivity contribution in [3.63, 3.8) is 0 Å². The first kappa shape index (κ1) is 16.5. The maximum absolute atomic E-state index is 12.0. The van der Waals surface area contributed by atoms with Crippen LogP contribution in [0.3, 0.4) is 0 Å². The third-order valence-corrected chi connectivity index (χ3v) is 5.14. The first-order chi connectivity index (χ1) is 12.5. The normalized spacial score (nSPS) is 18.1. The van der Waals surface area contributed by atoms with Crippen molar-refractivity contribution in [2.75, 3.05) is 0 Å². The Labute approximate surface area is 153 Å². The van der Waals surface area contributed by atoms with Crippen molar-refractivity contribution >= 4 is 28.5 Å². The summed E-state index contributed by atoms with van der Waals surface area (Å²) < 4.78 is 0. The molecule has 0 amide bonds. The van der Waals surface area contributed by atoms with Crippen LogP contribution in [0.2, 0.25) is 0 Å². The van der Waals surface area contributed by atoms with Gasteiger partial charge in [0.2, 0.25) is 0 Å². The molecule has 0 aliphatic heterocycles. The van der Waals surface area contributed by atoms with Gasteiger partial charge in [0.1, 0.15) is 0 Å². The molecular formula is C23H20NO2-. The number of hydrogen-bond donors (Lipinski definition) is 0. The Hall–Kier alpha value is -2.94. The van der Waals surface area contributed by atoms with E-state index in [2.05, 4.69) is 32.1 Å². The Morgan fingerprint density at radius 2 is 1.85 bits per heavy atom. The van der Waals surface area contributed by atoms with E-state index in [-0.39, 0.29) is 0 Å². The fourth-order valence-corrected chi connectivity index (χ4v) is 3.91. The summed E-state index contributed by atoms with van der Waals surface area (Å²) in [5.41, 5.74) is 6.06. The molecule has 2 aromatic carbocycles. The second-order valence-electron chi connectivity index (χ2n) is 7.16. The molecule has 3 heteroatoms. The zero-order chi connectivity index (χ0) is 18.3. The molecule has 1 aliphatic carbocycles. The highest BCUT2D eigenvalue weighted by Crippen LogP contribution is 2.38. The highest BCUT2D eigenvalue weighted by molar-refractivity contribution is 6.05. The number of pyridine rings is 1. The van der Waals surface area contributed by atoms with E-state index < -0.39 is 5.97 Å². The van der Waals surface area contributed by atoms with E-state index in [0.29, 0.717) is 28.8 Å². The summed E-state index contributed by atoms with van der Waals surface area (Å²) in [6, 6.07) is 15.6. The number of nitrogens with zero attached hydrogens (tertiary/aromatic N) is 1. The summed E-state index contributed by atoms with van der Waals surface area (Å²) >= 11 is 0. The van der Waals surface area contributed by atoms with Gasteiger partial charge >= 0.3 is 0 Å². The number of hydrogen-bond acceptors (Lipinski definition) is 3. The molecule has 130 valence electrons. The number of carboxylic acid groups (broad SMARTS) is 1. The monoisotopic (exact) mass is 342 g/mol. The number of aryl methyl sites for hydroxylation is 1. The lowest BCUT2D eigenvalue weighted by atomic mass is 9.80. The Bertz CT molecular complexity index is 1050. The van der Waals surface area contributed by atoms with E-state index in [4.69, 9.17) is 4.98 Å². The SMILES string of the molecule is Cc1ccccc1/C=C1\C[C@H](C)Cc2c1nc1ccccc1c2C(=O)[O-]. The Morgan fingerprint density at radius 3 is 2.62 bits per heavy atom. The number of carboxylic acids is 1. The number of carbonyl (C=O) groups is 1. The smallest absolute Gasteiger partial charge is 0.0725 e. The van der Waals surface area contributed by atoms with Crippen molar-refractivity contribution in [1.29, 1.82) is 0 Å². The summed E-state index contributed by atoms with van der Waals surface area (Å²) in [7, 11) is 0. The van der Waals surface area contributed by atoms with Crippen LogP contribution in [-0.4, -0.2) is 11.0 Å². The molecule has 1 atom stereocenters. The van der Waals surface area contributed by atoms with Crippen LogP contribution in [-0.2, 0) is 6.42 Å². The molecule has 4 rings (SSSR count). The minimum absolute atomic E-state index is 0.299. The van der Waals surface area contributed by atoms with Crippen LogP contribution in [0, 0.1) is 12.8 Å². The van der Waals surface area contributed by atoms with Crippen LogP contribution in [0.1, 0.15) is 46.1 Å². The number of carbonyl (C=O) groups excluding carboxylic acids is 1. The van der Waals surface area contributed by atoms with Gasteiger partial charge in [0.25, 0.3) is 0 Å². The fraction of sp³-hybridized carbons (Fsp3) is 0.217. The molecule has 0 unspecified atom stereocenters. The largest absolute Gasteiger partial charge is 0.545 e. The predicted octanol–water partition coefficient (Wildman–Crippen LogP) is 4.03. The highest BCUT2D eigenvalue weighted by atomic mass is 16.4. The second-order valence-corrected chi connectivity index (χ2v) is 7.16. The minimum atomic E-state index is -1.12. The number of aromatic carboxylic acids is 1. The van der Waals surface area contributed by atoms with Gasteiger partial charge in [0.15, 0.2) is 0 Å². The van der Waals surface area contributed by atoms with Crippen LogP contribution in [0.25, 0.3) is 22.6 Å². The highest BCUT2D eigenvalue weighted by Gasteiger charge is 2.25. The van der Waals surface area contributed by atoms with Crippen LogP contribution in [0.15, 0.2) is 48.5 Å². The topological polar surface area (TPSA) is 53.0 Å². The van der Waals surface area contributed by atoms with E-state index in [0.717, 1.165) is 28.8 Å². The Morgan fingerprint density at radius 1 is 1.12 bits per heavy atom. The molecule has 0 fully saturated rings. The van der Waals surface area contributed by atoms with Gasteiger partial charge in [-0.15, -0.1) is 0 Å². The number of aromatic nitrogens is 1. The van der Waals surface area contributed by atoms with Crippen molar-refractivity contribution < 1.29 is 9.90 Å². The van der Waals surface area contributed by atoms with Crippen molar-refractivity contribution in [3.8, 4) is 0 Å². The summed E-state index contributed by atoms with van der Waals surface area (Å²) in [6.45, 7) is 4.24. The van der Waals surface area contributed by atoms with Gasteiger partial charge in [-0.1, -0.05) is 49.4 Å². The van der Waals surface area contributed by atoms with Crippen LogP contribution >= 0.6 is 0 Å². The maximum atomic E-state index is 12.0. The number of allylic oxidation sites excluding steroid dienone is 1. The first-order valence-electron chi connectivity index (χ1n) is 8.94. The summed E-state index contributed by atoms with van der Waals surface area (Å²) in [5.74, 6) is -0.761. The third kappa shape index (κ3) is 2.80. The van der Waals surface area contributed by atoms with E-state index >= 15 is 0 Å². The van der Waals surface area contributed by atoms with Crippen molar-refractivity contribution in [2.24, 2.45) is 5.92 Å². The van der Waals surface area contributed by atoms with E-state index in [1.165, 1.54) is 5.56 Å². The Balaban J connectivity index is 2.01. The van der Waals surface area contributed by atoms with Gasteiger partial charge in [0.05, 0.1) is 17.2 Å². The van der Waals surface area contributed by atoms with Crippen LogP contribution < -0.4 is 5.11 Å². The lowest BCUT2D eigenvalue weighted by Gasteiger charge is -2.27. The standard InChI is InChI=1S/C23H21NO2/c1-14-11-17(13-16-8-4-3-7-15(16)2)22-19(12-14)21(23(25)26)18-9-5-6-10-20(18)24-22/h3-10,13-14H,11-12H2,1-2H3,(H,25,26)/p-1/b17-13+/t14-/m0/s1. The Kier molecular flexibility index (Phi) is 4.08. The molecule has 1 aliphatic rings. The molecular weight excluding hydrogens is 322 g/mol. The first-order valence-corrected chi connectivity index (χ1v) is 8.94. The average molecular weight is 342 g/mol. The molecule has 3 nitrogen and oxygen atoms in total. The van der Waals surface area contributed by atoms with Gasteiger partial charge in [-0.2, -0.15) is 0 Å². The zero-order valence-corrected chi connectivity index (χ0v) is 15.0. The number of para-hydroxylation sites is 1. The van der Waals surface area contributed by atoms with Crippen molar-refractivity contribution in [1.82, 2.24) is 4.98 Å². The molecule has 0 radical (unpaired) electrons. The van der Waals surface area contributed by atoms with Gasteiger partial charge in [0, 0.05) is 10.9 Å². The van der Waals surface area contributed by atoms with Crippen LogP contribution in [0.4, 0.5) is 0 Å². The van der Waals surface area contributed by atoms with Crippen molar-refractivity contribution in [3.05, 3.63) is 76.5 Å². The quantitative estimate of drug-likeness (QED) is 0.706. The lowest BCUT2D eigenvalue weighted by Crippen LogP contribution is -2.27. The minimum Gasteiger partial charge on any atom is -0.545 e. The lowest BCUT2D eigenvalue weighted by molar-refractivity contribution is -0.254. The molecule has 0 spiro atoms. The fourth-order valence-electron chi connectivity index (χ4n) is 3.91. The third-order valence-electron chi connectivity index (χ3n) is 5.14. The average Bonchev–Trinajstić information content (AvgIpc) is 2.61. The summed E-state index contributed by atoms with van der Waals surface area (Å²) in [6.07, 6.45) is 3.76. The summed E-state index contributed by atoms with van der Waals surface area (Å²) in [4.78, 5) is 16.8. The van der Waals surface area contributed by atoms with E-state index in [9.17, 15) is 9.90 Å². The molecule has 0 saturated heterocycles. The van der Waals surface area contributed by atoms with Gasteiger partial charge in [-0.05, 0) is 60.1 Å². The number of rotatable bonds is 2. The molecule has 3 aromatic rings. The molecule has 0 saturated carbocycles. The molecule has 1 heterocycles. The zero-order valence-electron chi connectivity index (χ0n) is 15.0. The van der Waals surface area contributed by atoms with Crippen LogP contribution in [0.5, 0.6) is 0 Å². The maximum Gasteiger partial charge on any atom is 0.0725 e. The number of benzene rings is 2. The predicted molar refractivity (Wildman–Crippen MR) is 103 cm³/mol. The molecule has 0 bridgehead atoms. The number of fused-ring (bicyclic) bond motifs is 2. The molecule has 1 aromatic heterocycles. The molecule has 26 heavy (non-hydrogen) atoms. The van der Waals surface area contributed by atoms with E-state index in [1.807, 2.05) is 36.4 Å². The van der Waals surface area contributed by atoms with Gasteiger partial charge < -0.3 is 9.90 Å². The van der Waals surface area contributed by atoms with Gasteiger partial charge in [-0.3, -0.25) is 0 Å². The summed E-state index contributed by atoms with van der Waals surface area (Å²) in [5, 5.41) is 12.6.